The fraction of sp³-hybridized carbons (Fsp3) is 0.833. The van der Waals surface area contributed by atoms with Crippen LogP contribution in [0.15, 0.2) is 0 Å². The Hall–Kier alpha value is -0.650. The molecule has 0 fully saturated rings. The van der Waals surface area contributed by atoms with E-state index < -0.39 is 18.8 Å². The molecule has 0 radical (unpaired) electrons. The zero-order valence-electron chi connectivity index (χ0n) is 6.32. The molecule has 0 aliphatic carbocycles. The van der Waals surface area contributed by atoms with E-state index in [1.807, 2.05) is 0 Å². The number of carbonyl (C=O) groups excluding carboxylic acids is 1. The average molecular weight is 163 g/mol. The molecular formula is C6H13NO4. The number of hydrogen-bond acceptors (Lipinski definition) is 4. The van der Waals surface area contributed by atoms with Crippen molar-refractivity contribution >= 4 is 5.91 Å². The monoisotopic (exact) mass is 163 g/mol. The number of hydrogen-bond donors (Lipinski definition) is 4. The lowest BCUT2D eigenvalue weighted by Gasteiger charge is -2.19. The van der Waals surface area contributed by atoms with E-state index in [2.05, 4.69) is 5.32 Å². The Balaban J connectivity index is 3.84. The van der Waals surface area contributed by atoms with Crippen molar-refractivity contribution in [2.45, 2.75) is 19.1 Å². The maximum absolute atomic E-state index is 10.4. The van der Waals surface area contributed by atoms with E-state index in [0.717, 1.165) is 0 Å². The molecular weight excluding hydrogens is 150 g/mol. The maximum atomic E-state index is 10.4. The van der Waals surface area contributed by atoms with E-state index in [-0.39, 0.29) is 12.5 Å². The first kappa shape index (κ1) is 10.3. The standard InChI is InChI=1S/C6H13NO4/c1-4(10)7-5(2-8)6(11)3-9/h5-6,8-9,11H,2-3H2,1H3,(H,7,10)/t5-,6+/m0/s1. The molecule has 11 heavy (non-hydrogen) atoms. The molecule has 1 amide bonds. The normalized spacial score (nSPS) is 15.6. The minimum absolute atomic E-state index is 0.350. The second-order valence-corrected chi connectivity index (χ2v) is 2.24. The highest BCUT2D eigenvalue weighted by atomic mass is 16.3. The first-order valence-corrected chi connectivity index (χ1v) is 3.28. The van der Waals surface area contributed by atoms with Crippen LogP contribution in [0.2, 0.25) is 0 Å². The third-order valence-electron chi connectivity index (χ3n) is 1.24. The maximum Gasteiger partial charge on any atom is 0.217 e. The Morgan fingerprint density at radius 1 is 1.45 bits per heavy atom. The van der Waals surface area contributed by atoms with Gasteiger partial charge in [-0.2, -0.15) is 0 Å². The summed E-state index contributed by atoms with van der Waals surface area (Å²) in [5.41, 5.74) is 0. The summed E-state index contributed by atoms with van der Waals surface area (Å²) in [5.74, 6) is -0.350. The molecule has 66 valence electrons. The van der Waals surface area contributed by atoms with Gasteiger partial charge in [0.2, 0.25) is 5.91 Å². The average Bonchev–Trinajstić information content (AvgIpc) is 1.98. The fourth-order valence-corrected chi connectivity index (χ4v) is 0.652. The van der Waals surface area contributed by atoms with E-state index in [1.54, 1.807) is 0 Å². The Kier molecular flexibility index (Phi) is 4.76. The van der Waals surface area contributed by atoms with Gasteiger partial charge < -0.3 is 20.6 Å². The Morgan fingerprint density at radius 2 is 2.00 bits per heavy atom. The van der Waals surface area contributed by atoms with Crippen molar-refractivity contribution in [1.82, 2.24) is 5.32 Å². The third-order valence-corrected chi connectivity index (χ3v) is 1.24. The lowest BCUT2D eigenvalue weighted by Crippen LogP contribution is -2.46. The van der Waals surface area contributed by atoms with Gasteiger partial charge in [-0.15, -0.1) is 0 Å². The molecule has 0 spiro atoms. The molecule has 0 bridgehead atoms. The van der Waals surface area contributed by atoms with Gasteiger partial charge in [0, 0.05) is 6.92 Å². The number of rotatable bonds is 4. The Bertz CT molecular complexity index is 128. The van der Waals surface area contributed by atoms with Crippen molar-refractivity contribution in [3.05, 3.63) is 0 Å². The predicted molar refractivity (Wildman–Crippen MR) is 37.8 cm³/mol. The van der Waals surface area contributed by atoms with Gasteiger partial charge in [0.1, 0.15) is 0 Å². The van der Waals surface area contributed by atoms with E-state index in [4.69, 9.17) is 15.3 Å². The number of aliphatic hydroxyl groups is 3. The molecule has 0 aromatic rings. The zero-order chi connectivity index (χ0) is 8.85. The summed E-state index contributed by atoms with van der Waals surface area (Å²) in [6.45, 7) is 0.402. The first-order chi connectivity index (χ1) is 5.11. The molecule has 0 aromatic heterocycles. The molecule has 0 saturated heterocycles. The van der Waals surface area contributed by atoms with Gasteiger partial charge in [-0.1, -0.05) is 0 Å². The highest BCUT2D eigenvalue weighted by molar-refractivity contribution is 5.73. The van der Waals surface area contributed by atoms with Crippen LogP contribution in [0.5, 0.6) is 0 Å². The van der Waals surface area contributed by atoms with Gasteiger partial charge >= 0.3 is 0 Å². The van der Waals surface area contributed by atoms with Crippen molar-refractivity contribution < 1.29 is 20.1 Å². The van der Waals surface area contributed by atoms with Crippen LogP contribution >= 0.6 is 0 Å². The van der Waals surface area contributed by atoms with Crippen molar-refractivity contribution in [2.75, 3.05) is 13.2 Å². The molecule has 5 heteroatoms. The Morgan fingerprint density at radius 3 is 2.27 bits per heavy atom. The number of carbonyl (C=O) groups is 1. The molecule has 4 N–H and O–H groups in total. The molecule has 0 rings (SSSR count). The molecule has 0 aromatic carbocycles. The lowest BCUT2D eigenvalue weighted by atomic mass is 10.2. The van der Waals surface area contributed by atoms with Gasteiger partial charge in [-0.3, -0.25) is 4.79 Å². The first-order valence-electron chi connectivity index (χ1n) is 3.28. The van der Waals surface area contributed by atoms with Gasteiger partial charge in [-0.05, 0) is 0 Å². The minimum atomic E-state index is -1.11. The van der Waals surface area contributed by atoms with Crippen LogP contribution in [0.3, 0.4) is 0 Å². The summed E-state index contributed by atoms with van der Waals surface area (Å²) in [6, 6.07) is -0.780. The van der Waals surface area contributed by atoms with Crippen molar-refractivity contribution in [3.63, 3.8) is 0 Å². The van der Waals surface area contributed by atoms with Crippen molar-refractivity contribution in [2.24, 2.45) is 0 Å². The summed E-state index contributed by atoms with van der Waals surface area (Å²) in [4.78, 5) is 10.4. The van der Waals surface area contributed by atoms with Crippen LogP contribution in [0, 0.1) is 0 Å². The van der Waals surface area contributed by atoms with Crippen molar-refractivity contribution in [1.29, 1.82) is 0 Å². The SMILES string of the molecule is CC(=O)N[C@@H](CO)[C@H](O)CO. The predicted octanol–water partition coefficient (Wildman–Crippen LogP) is -2.16. The molecule has 5 nitrogen and oxygen atoms in total. The molecule has 0 heterocycles. The molecule has 0 aliphatic rings. The van der Waals surface area contributed by atoms with Gasteiger partial charge in [0.25, 0.3) is 0 Å². The van der Waals surface area contributed by atoms with Crippen LogP contribution in [-0.4, -0.2) is 46.6 Å². The van der Waals surface area contributed by atoms with Crippen LogP contribution in [0.1, 0.15) is 6.92 Å². The van der Waals surface area contributed by atoms with Gasteiger partial charge in [-0.25, -0.2) is 0 Å². The summed E-state index contributed by atoms with van der Waals surface area (Å²) in [6.07, 6.45) is -1.11. The van der Waals surface area contributed by atoms with Crippen LogP contribution in [0.4, 0.5) is 0 Å². The summed E-state index contributed by atoms with van der Waals surface area (Å²) >= 11 is 0. The quantitative estimate of drug-likeness (QED) is 0.380. The lowest BCUT2D eigenvalue weighted by molar-refractivity contribution is -0.121. The van der Waals surface area contributed by atoms with Crippen LogP contribution in [-0.2, 0) is 4.79 Å². The van der Waals surface area contributed by atoms with Crippen LogP contribution in [0.25, 0.3) is 0 Å². The summed E-state index contributed by atoms with van der Waals surface area (Å²) in [5, 5.41) is 28.3. The largest absolute Gasteiger partial charge is 0.394 e. The third kappa shape index (κ3) is 3.92. The number of amides is 1. The Labute approximate surface area is 64.7 Å². The smallest absolute Gasteiger partial charge is 0.217 e. The van der Waals surface area contributed by atoms with E-state index in [1.165, 1.54) is 6.92 Å². The van der Waals surface area contributed by atoms with E-state index >= 15 is 0 Å². The zero-order valence-corrected chi connectivity index (χ0v) is 6.32. The number of aliphatic hydroxyl groups excluding tert-OH is 3. The second-order valence-electron chi connectivity index (χ2n) is 2.24. The highest BCUT2D eigenvalue weighted by Crippen LogP contribution is 1.90. The second kappa shape index (κ2) is 5.06. The molecule has 2 atom stereocenters. The highest BCUT2D eigenvalue weighted by Gasteiger charge is 2.17. The fourth-order valence-electron chi connectivity index (χ4n) is 0.652. The minimum Gasteiger partial charge on any atom is -0.394 e. The number of nitrogens with one attached hydrogen (secondary N) is 1. The molecule has 0 unspecified atom stereocenters. The topological polar surface area (TPSA) is 89.8 Å². The van der Waals surface area contributed by atoms with Crippen molar-refractivity contribution in [3.8, 4) is 0 Å². The summed E-state index contributed by atoms with van der Waals surface area (Å²) < 4.78 is 0. The van der Waals surface area contributed by atoms with Gasteiger partial charge in [0.15, 0.2) is 0 Å². The molecule has 0 saturated carbocycles. The van der Waals surface area contributed by atoms with E-state index in [0.29, 0.717) is 0 Å². The van der Waals surface area contributed by atoms with Crippen LogP contribution < -0.4 is 5.32 Å². The van der Waals surface area contributed by atoms with E-state index in [9.17, 15) is 4.79 Å². The molecule has 0 aliphatic heterocycles. The van der Waals surface area contributed by atoms with Gasteiger partial charge in [0.05, 0.1) is 25.4 Å². The summed E-state index contributed by atoms with van der Waals surface area (Å²) in [7, 11) is 0.